The van der Waals surface area contributed by atoms with Crippen LogP contribution in [0.25, 0.3) is 60.9 Å². The summed E-state index contributed by atoms with van der Waals surface area (Å²) in [4.78, 5) is 2.33. The van der Waals surface area contributed by atoms with Crippen molar-refractivity contribution in [1.82, 2.24) is 4.57 Å². The van der Waals surface area contributed by atoms with Gasteiger partial charge >= 0.3 is 0 Å². The Bertz CT molecular complexity index is 2950. The number of fused-ring (bicyclic) bond motifs is 3. The van der Waals surface area contributed by atoms with E-state index in [0.29, 0.717) is 0 Å². The van der Waals surface area contributed by atoms with Gasteiger partial charge in [0.1, 0.15) is 0 Å². The molecule has 0 aliphatic heterocycles. The van der Waals surface area contributed by atoms with Crippen LogP contribution in [0.15, 0.2) is 224 Å². The summed E-state index contributed by atoms with van der Waals surface area (Å²) in [5, 5.41) is 14.3. The molecule has 0 aliphatic rings. The molecule has 9 aromatic carbocycles. The summed E-state index contributed by atoms with van der Waals surface area (Å²) in [5.41, 5.74) is 16.2. The number of hydrogen-bond acceptors (Lipinski definition) is 3. The number of anilines is 5. The van der Waals surface area contributed by atoms with Gasteiger partial charge in [-0.15, -0.1) is 0 Å². The van der Waals surface area contributed by atoms with E-state index in [2.05, 4.69) is 209 Å². The maximum Gasteiger partial charge on any atom is 0.0783 e. The van der Waals surface area contributed by atoms with Crippen molar-refractivity contribution in [1.29, 1.82) is 5.41 Å². The molecule has 280 valence electrons. The van der Waals surface area contributed by atoms with E-state index >= 15 is 0 Å². The lowest BCUT2D eigenvalue weighted by Crippen LogP contribution is -2.09. The summed E-state index contributed by atoms with van der Waals surface area (Å²) < 4.78 is 2.32. The maximum atomic E-state index is 8.35. The zero-order valence-electron chi connectivity index (χ0n) is 32.3. The van der Waals surface area contributed by atoms with E-state index < -0.39 is 0 Å². The van der Waals surface area contributed by atoms with Gasteiger partial charge in [-0.2, -0.15) is 0 Å². The van der Waals surface area contributed by atoms with E-state index in [0.717, 1.165) is 72.6 Å². The fourth-order valence-electron chi connectivity index (χ4n) is 8.18. The zero-order valence-corrected chi connectivity index (χ0v) is 32.3. The first-order valence-corrected chi connectivity index (χ1v) is 19.9. The minimum atomic E-state index is 0.825. The van der Waals surface area contributed by atoms with Gasteiger partial charge in [-0.25, -0.2) is 0 Å². The van der Waals surface area contributed by atoms with Gasteiger partial charge in [-0.3, -0.25) is 0 Å². The van der Waals surface area contributed by atoms with Crippen molar-refractivity contribution in [2.75, 3.05) is 10.2 Å². The van der Waals surface area contributed by atoms with E-state index in [9.17, 15) is 0 Å². The van der Waals surface area contributed by atoms with Crippen molar-refractivity contribution in [3.63, 3.8) is 0 Å². The molecule has 10 aromatic rings. The molecule has 1 aromatic heterocycles. The zero-order chi connectivity index (χ0) is 39.5. The highest BCUT2D eigenvalue weighted by molar-refractivity contribution is 6.17. The molecular weight excluding hydrogens is 717 g/mol. The third kappa shape index (κ3) is 6.83. The van der Waals surface area contributed by atoms with Crippen LogP contribution in [-0.2, 0) is 0 Å². The topological polar surface area (TPSA) is 44.1 Å². The minimum absolute atomic E-state index is 0.825. The Balaban J connectivity index is 1.06. The summed E-state index contributed by atoms with van der Waals surface area (Å²) in [6, 6.07) is 79.3. The van der Waals surface area contributed by atoms with Crippen molar-refractivity contribution < 1.29 is 0 Å². The first-order chi connectivity index (χ1) is 29.2. The molecule has 0 bridgehead atoms. The molecule has 1 heterocycles. The third-order valence-corrected chi connectivity index (χ3v) is 11.1. The molecule has 0 aliphatic carbocycles. The molecule has 0 spiro atoms. The van der Waals surface area contributed by atoms with Crippen LogP contribution in [0.2, 0.25) is 0 Å². The number of aromatic nitrogens is 1. The van der Waals surface area contributed by atoms with E-state index in [1.165, 1.54) is 28.5 Å². The van der Waals surface area contributed by atoms with Gasteiger partial charge in [0, 0.05) is 51.0 Å². The third-order valence-electron chi connectivity index (χ3n) is 11.1. The molecule has 10 rings (SSSR count). The van der Waals surface area contributed by atoms with Gasteiger partial charge in [0.15, 0.2) is 0 Å². The summed E-state index contributed by atoms with van der Waals surface area (Å²) >= 11 is 0. The number of benzene rings is 9. The lowest BCUT2D eigenvalue weighted by molar-refractivity contribution is 1.18. The normalized spacial score (nSPS) is 11.1. The molecular formula is C55H40N4. The second kappa shape index (κ2) is 15.5. The largest absolute Gasteiger partial charge is 0.353 e. The van der Waals surface area contributed by atoms with Gasteiger partial charge in [0.2, 0.25) is 0 Å². The van der Waals surface area contributed by atoms with E-state index in [1.807, 2.05) is 30.3 Å². The molecule has 2 N–H and O–H groups in total. The fraction of sp³-hybridized carbons (Fsp3) is 0. The number of nitrogens with one attached hydrogen (secondary N) is 2. The number of nitrogens with zero attached hydrogens (tertiary/aromatic N) is 2. The molecule has 0 amide bonds. The van der Waals surface area contributed by atoms with Crippen molar-refractivity contribution in [2.45, 2.75) is 0 Å². The van der Waals surface area contributed by atoms with Crippen LogP contribution in [0.3, 0.4) is 0 Å². The first kappa shape index (κ1) is 35.5. The Morgan fingerprint density at radius 3 is 1.36 bits per heavy atom. The lowest BCUT2D eigenvalue weighted by atomic mass is 10.0. The SMILES string of the molecule is N=Cc1ccc2c3cc(-c4ccc(N(c5ccc(-c6ccccc6)cc5)c5ccc(-c6ccccc6)cc5)cc4)ccc3n(-c3ccccc3)c2c1Nc1ccccc1. The number of rotatable bonds is 10. The molecule has 4 nitrogen and oxygen atoms in total. The van der Waals surface area contributed by atoms with Crippen LogP contribution in [0.1, 0.15) is 5.56 Å². The molecule has 4 heteroatoms. The van der Waals surface area contributed by atoms with Crippen LogP contribution in [0.4, 0.5) is 28.4 Å². The standard InChI is InChI=1S/C55H40N4/c56-38-45-27-35-51-52-37-44(28-36-53(52)59(47-19-11-4-12-20-47)55(51)54(45)57-46-17-9-3-10-18-46)43-25-33-50(34-26-43)58(48-29-21-41(22-30-48)39-13-5-1-6-14-39)49-31-23-42(24-32-49)40-15-7-2-8-16-40/h1-38,56-57H. The molecule has 59 heavy (non-hydrogen) atoms. The van der Waals surface area contributed by atoms with Crippen LogP contribution >= 0.6 is 0 Å². The predicted octanol–water partition coefficient (Wildman–Crippen LogP) is 15.0. The minimum Gasteiger partial charge on any atom is -0.353 e. The van der Waals surface area contributed by atoms with Gasteiger partial charge in [0.25, 0.3) is 0 Å². The van der Waals surface area contributed by atoms with Gasteiger partial charge in [0.05, 0.1) is 16.7 Å². The van der Waals surface area contributed by atoms with Crippen molar-refractivity contribution in [2.24, 2.45) is 0 Å². The second-order valence-corrected chi connectivity index (χ2v) is 14.7. The molecule has 0 saturated heterocycles. The summed E-state index contributed by atoms with van der Waals surface area (Å²) in [6.45, 7) is 0. The molecule has 0 unspecified atom stereocenters. The average molecular weight is 757 g/mol. The van der Waals surface area contributed by atoms with Crippen molar-refractivity contribution >= 4 is 56.5 Å². The maximum absolute atomic E-state index is 8.35. The number of hydrogen-bond donors (Lipinski definition) is 2. The fourth-order valence-corrected chi connectivity index (χ4v) is 8.18. The van der Waals surface area contributed by atoms with E-state index in [1.54, 1.807) is 0 Å². The van der Waals surface area contributed by atoms with Crippen LogP contribution in [0, 0.1) is 5.41 Å². The van der Waals surface area contributed by atoms with Gasteiger partial charge in [-0.05, 0) is 106 Å². The number of para-hydroxylation sites is 2. The lowest BCUT2D eigenvalue weighted by Gasteiger charge is -2.26. The van der Waals surface area contributed by atoms with Gasteiger partial charge < -0.3 is 20.2 Å². The molecule has 0 fully saturated rings. The van der Waals surface area contributed by atoms with Crippen LogP contribution in [0.5, 0.6) is 0 Å². The Labute approximate surface area is 344 Å². The van der Waals surface area contributed by atoms with Crippen LogP contribution < -0.4 is 10.2 Å². The monoisotopic (exact) mass is 756 g/mol. The molecule has 0 radical (unpaired) electrons. The predicted molar refractivity (Wildman–Crippen MR) is 249 cm³/mol. The van der Waals surface area contributed by atoms with Crippen LogP contribution in [-0.4, -0.2) is 10.8 Å². The Kier molecular flexibility index (Phi) is 9.34. The Hall–Kier alpha value is -7.95. The van der Waals surface area contributed by atoms with E-state index in [4.69, 9.17) is 5.41 Å². The van der Waals surface area contributed by atoms with Gasteiger partial charge in [-0.1, -0.05) is 152 Å². The highest BCUT2D eigenvalue weighted by Gasteiger charge is 2.20. The van der Waals surface area contributed by atoms with E-state index in [-0.39, 0.29) is 0 Å². The van der Waals surface area contributed by atoms with Crippen molar-refractivity contribution in [3.8, 4) is 39.1 Å². The average Bonchev–Trinajstić information content (AvgIpc) is 3.65. The highest BCUT2D eigenvalue weighted by Crippen LogP contribution is 2.42. The molecule has 0 atom stereocenters. The Morgan fingerprint density at radius 1 is 0.407 bits per heavy atom. The summed E-state index contributed by atoms with van der Waals surface area (Å²) in [6.07, 6.45) is 1.43. The summed E-state index contributed by atoms with van der Waals surface area (Å²) in [7, 11) is 0. The summed E-state index contributed by atoms with van der Waals surface area (Å²) in [5.74, 6) is 0. The highest BCUT2D eigenvalue weighted by atomic mass is 15.1. The quantitative estimate of drug-likeness (QED) is 0.137. The van der Waals surface area contributed by atoms with Crippen molar-refractivity contribution in [3.05, 3.63) is 230 Å². The second-order valence-electron chi connectivity index (χ2n) is 14.7. The Morgan fingerprint density at radius 2 is 0.847 bits per heavy atom. The smallest absolute Gasteiger partial charge is 0.0783 e. The first-order valence-electron chi connectivity index (χ1n) is 19.9. The molecule has 0 saturated carbocycles.